The number of rotatable bonds is 6. The van der Waals surface area contributed by atoms with Crippen molar-refractivity contribution in [2.45, 2.75) is 39.2 Å². The van der Waals surface area contributed by atoms with E-state index in [1.54, 1.807) is 12.0 Å². The molecule has 2 rings (SSSR count). The second kappa shape index (κ2) is 7.79. The topological polar surface area (TPSA) is 58.6 Å². The van der Waals surface area contributed by atoms with Gasteiger partial charge in [0.05, 0.1) is 12.5 Å². The average Bonchev–Trinajstić information content (AvgIpc) is 2.91. The molecule has 0 radical (unpaired) electrons. The van der Waals surface area contributed by atoms with Crippen molar-refractivity contribution >= 4 is 11.8 Å². The van der Waals surface area contributed by atoms with E-state index in [4.69, 9.17) is 4.74 Å². The van der Waals surface area contributed by atoms with Gasteiger partial charge in [0.25, 0.3) is 0 Å². The van der Waals surface area contributed by atoms with E-state index in [9.17, 15) is 9.59 Å². The molecule has 132 valence electrons. The van der Waals surface area contributed by atoms with E-state index >= 15 is 0 Å². The number of likely N-dealkylation sites (tertiary alicyclic amines) is 1. The third-order valence-electron chi connectivity index (χ3n) is 4.44. The Labute approximate surface area is 144 Å². The Morgan fingerprint density at radius 2 is 1.96 bits per heavy atom. The van der Waals surface area contributed by atoms with Crippen LogP contribution in [-0.4, -0.2) is 43.5 Å². The first-order valence-corrected chi connectivity index (χ1v) is 8.45. The van der Waals surface area contributed by atoms with Crippen molar-refractivity contribution in [3.05, 3.63) is 35.4 Å². The molecular formula is C19H28N2O3. The number of hydrogen-bond acceptors (Lipinski definition) is 3. The van der Waals surface area contributed by atoms with Crippen LogP contribution in [0.3, 0.4) is 0 Å². The van der Waals surface area contributed by atoms with Crippen LogP contribution in [-0.2, 0) is 26.3 Å². The zero-order valence-corrected chi connectivity index (χ0v) is 15.1. The normalized spacial score (nSPS) is 18.1. The summed E-state index contributed by atoms with van der Waals surface area (Å²) in [7, 11) is 1.61. The summed E-state index contributed by atoms with van der Waals surface area (Å²) in [6, 6.07) is 8.30. The van der Waals surface area contributed by atoms with Crippen LogP contribution in [0.15, 0.2) is 24.3 Å². The van der Waals surface area contributed by atoms with Gasteiger partial charge in [0.15, 0.2) is 0 Å². The molecule has 0 aliphatic carbocycles. The van der Waals surface area contributed by atoms with Gasteiger partial charge in [0.1, 0.15) is 0 Å². The summed E-state index contributed by atoms with van der Waals surface area (Å²) in [4.78, 5) is 25.9. The van der Waals surface area contributed by atoms with E-state index < -0.39 is 0 Å². The molecule has 1 aliphatic rings. The highest BCUT2D eigenvalue weighted by Gasteiger charge is 2.33. The molecule has 0 aromatic heterocycles. The highest BCUT2D eigenvalue weighted by atomic mass is 16.5. The molecule has 1 N–H and O–H groups in total. The van der Waals surface area contributed by atoms with Gasteiger partial charge in [-0.2, -0.15) is 0 Å². The lowest BCUT2D eigenvalue weighted by atomic mass is 9.87. The summed E-state index contributed by atoms with van der Waals surface area (Å²) in [5, 5.41) is 2.95. The number of methoxy groups -OCH3 is 1. The smallest absolute Gasteiger partial charge is 0.225 e. The highest BCUT2D eigenvalue weighted by molar-refractivity contribution is 5.89. The predicted molar refractivity (Wildman–Crippen MR) is 93.6 cm³/mol. The third kappa shape index (κ3) is 4.81. The van der Waals surface area contributed by atoms with Crippen LogP contribution >= 0.6 is 0 Å². The van der Waals surface area contributed by atoms with Gasteiger partial charge in [-0.1, -0.05) is 45.0 Å². The van der Waals surface area contributed by atoms with E-state index in [0.717, 1.165) is 5.56 Å². The van der Waals surface area contributed by atoms with Crippen molar-refractivity contribution in [2.75, 3.05) is 26.8 Å². The molecule has 1 saturated heterocycles. The molecule has 1 aliphatic heterocycles. The second-order valence-corrected chi connectivity index (χ2v) is 7.40. The van der Waals surface area contributed by atoms with Crippen LogP contribution < -0.4 is 5.32 Å². The number of ether oxygens (including phenoxy) is 1. The number of nitrogens with zero attached hydrogens (tertiary/aromatic N) is 1. The Hall–Kier alpha value is -1.88. The van der Waals surface area contributed by atoms with E-state index in [2.05, 4.69) is 38.2 Å². The predicted octanol–water partition coefficient (Wildman–Crippen LogP) is 2.10. The molecule has 0 spiro atoms. The monoisotopic (exact) mass is 332 g/mol. The van der Waals surface area contributed by atoms with Crippen LogP contribution in [0.4, 0.5) is 0 Å². The zero-order chi connectivity index (χ0) is 17.7. The first-order valence-electron chi connectivity index (χ1n) is 8.45. The molecule has 0 saturated carbocycles. The molecule has 1 aromatic carbocycles. The Kier molecular flexibility index (Phi) is 5.99. The molecule has 5 heteroatoms. The molecule has 1 heterocycles. The van der Waals surface area contributed by atoms with Crippen molar-refractivity contribution < 1.29 is 14.3 Å². The largest absolute Gasteiger partial charge is 0.383 e. The zero-order valence-electron chi connectivity index (χ0n) is 15.1. The van der Waals surface area contributed by atoms with Gasteiger partial charge in [-0.05, 0) is 16.5 Å². The quantitative estimate of drug-likeness (QED) is 0.868. The van der Waals surface area contributed by atoms with Crippen molar-refractivity contribution in [1.29, 1.82) is 0 Å². The minimum absolute atomic E-state index is 0.0294. The SMILES string of the molecule is COCCN1CC(C(=O)NCc2ccc(C(C)(C)C)cc2)CC1=O. The molecule has 1 atom stereocenters. The number of nitrogens with one attached hydrogen (secondary N) is 1. The van der Waals surface area contributed by atoms with Crippen LogP contribution in [0.1, 0.15) is 38.3 Å². The fourth-order valence-corrected chi connectivity index (χ4v) is 2.82. The van der Waals surface area contributed by atoms with E-state index in [1.165, 1.54) is 5.56 Å². The fraction of sp³-hybridized carbons (Fsp3) is 0.579. The molecule has 1 fully saturated rings. The standard InChI is InChI=1S/C19H28N2O3/c1-19(2,3)16-7-5-14(6-8-16)12-20-18(23)15-11-17(22)21(13-15)9-10-24-4/h5-8,15H,9-13H2,1-4H3,(H,20,23). The lowest BCUT2D eigenvalue weighted by Gasteiger charge is -2.19. The highest BCUT2D eigenvalue weighted by Crippen LogP contribution is 2.22. The summed E-state index contributed by atoms with van der Waals surface area (Å²) in [6.45, 7) is 8.55. The van der Waals surface area contributed by atoms with Gasteiger partial charge in [0, 0.05) is 33.2 Å². The summed E-state index contributed by atoms with van der Waals surface area (Å²) < 4.78 is 4.99. The Morgan fingerprint density at radius 3 is 2.54 bits per heavy atom. The number of hydrogen-bond donors (Lipinski definition) is 1. The Bertz CT molecular complexity index is 575. The van der Waals surface area contributed by atoms with Crippen molar-refractivity contribution in [2.24, 2.45) is 5.92 Å². The van der Waals surface area contributed by atoms with Gasteiger partial charge in [0.2, 0.25) is 11.8 Å². The Morgan fingerprint density at radius 1 is 1.29 bits per heavy atom. The number of amides is 2. The molecule has 0 bridgehead atoms. The number of benzene rings is 1. The first-order chi connectivity index (χ1) is 11.3. The van der Waals surface area contributed by atoms with Crippen LogP contribution in [0.25, 0.3) is 0 Å². The molecular weight excluding hydrogens is 304 g/mol. The molecule has 2 amide bonds. The summed E-state index contributed by atoms with van der Waals surface area (Å²) in [5.74, 6) is -0.284. The minimum Gasteiger partial charge on any atom is -0.383 e. The van der Waals surface area contributed by atoms with Crippen LogP contribution in [0.5, 0.6) is 0 Å². The van der Waals surface area contributed by atoms with Crippen LogP contribution in [0.2, 0.25) is 0 Å². The number of carbonyl (C=O) groups is 2. The second-order valence-electron chi connectivity index (χ2n) is 7.40. The lowest BCUT2D eigenvalue weighted by molar-refractivity contribution is -0.129. The maximum atomic E-state index is 12.3. The number of carbonyl (C=O) groups excluding carboxylic acids is 2. The molecule has 5 nitrogen and oxygen atoms in total. The van der Waals surface area contributed by atoms with Gasteiger partial charge in [-0.25, -0.2) is 0 Å². The lowest BCUT2D eigenvalue weighted by Crippen LogP contribution is -2.33. The third-order valence-corrected chi connectivity index (χ3v) is 4.44. The van der Waals surface area contributed by atoms with Crippen molar-refractivity contribution in [3.8, 4) is 0 Å². The minimum atomic E-state index is -0.261. The summed E-state index contributed by atoms with van der Waals surface area (Å²) in [6.07, 6.45) is 0.290. The maximum Gasteiger partial charge on any atom is 0.225 e. The van der Waals surface area contributed by atoms with Gasteiger partial charge < -0.3 is 15.0 Å². The van der Waals surface area contributed by atoms with Crippen LogP contribution in [0, 0.1) is 5.92 Å². The molecule has 1 unspecified atom stereocenters. The average molecular weight is 332 g/mol. The van der Waals surface area contributed by atoms with Crippen molar-refractivity contribution in [3.63, 3.8) is 0 Å². The molecule has 1 aromatic rings. The van der Waals surface area contributed by atoms with E-state index in [0.29, 0.717) is 32.7 Å². The van der Waals surface area contributed by atoms with E-state index in [1.807, 2.05) is 12.1 Å². The first kappa shape index (κ1) is 18.5. The maximum absolute atomic E-state index is 12.3. The summed E-state index contributed by atoms with van der Waals surface area (Å²) in [5.41, 5.74) is 2.46. The fourth-order valence-electron chi connectivity index (χ4n) is 2.82. The summed E-state index contributed by atoms with van der Waals surface area (Å²) >= 11 is 0. The molecule has 24 heavy (non-hydrogen) atoms. The Balaban J connectivity index is 1.84. The van der Waals surface area contributed by atoms with E-state index in [-0.39, 0.29) is 23.1 Å². The van der Waals surface area contributed by atoms with Gasteiger partial charge in [-0.15, -0.1) is 0 Å². The van der Waals surface area contributed by atoms with Gasteiger partial charge in [-0.3, -0.25) is 9.59 Å². The van der Waals surface area contributed by atoms with Gasteiger partial charge >= 0.3 is 0 Å². The van der Waals surface area contributed by atoms with Crippen molar-refractivity contribution in [1.82, 2.24) is 10.2 Å².